The Morgan fingerprint density at radius 2 is 1.97 bits per heavy atom. The zero-order valence-electron chi connectivity index (χ0n) is 15.5. The van der Waals surface area contributed by atoms with Crippen molar-refractivity contribution in [2.24, 2.45) is 0 Å². The van der Waals surface area contributed by atoms with Crippen molar-refractivity contribution in [3.63, 3.8) is 0 Å². The van der Waals surface area contributed by atoms with Crippen molar-refractivity contribution < 1.29 is 18.4 Å². The number of aromatic nitrogens is 4. The van der Waals surface area contributed by atoms with E-state index in [1.165, 1.54) is 11.0 Å². The third kappa shape index (κ3) is 5.18. The van der Waals surface area contributed by atoms with Gasteiger partial charge in [0, 0.05) is 24.7 Å². The van der Waals surface area contributed by atoms with Crippen molar-refractivity contribution in [3.05, 3.63) is 65.5 Å². The first-order chi connectivity index (χ1) is 13.9. The number of amides is 2. The van der Waals surface area contributed by atoms with Crippen LogP contribution in [0.2, 0.25) is 0 Å². The standard InChI is InChI=1S/C19H18F2N6O2/c1-12-4-6-14(10-17(12)27-11-23-25-26-27)24-18(28)3-2-8-22-19(29)15-7-5-13(20)9-16(15)21/h4-7,9-11H,2-3,8H2,1H3,(H,22,29)(H,24,28). The summed E-state index contributed by atoms with van der Waals surface area (Å²) in [6, 6.07) is 8.09. The molecule has 0 saturated carbocycles. The lowest BCUT2D eigenvalue weighted by Gasteiger charge is -2.10. The summed E-state index contributed by atoms with van der Waals surface area (Å²) in [6.45, 7) is 2.07. The van der Waals surface area contributed by atoms with Gasteiger partial charge in [0.2, 0.25) is 5.91 Å². The zero-order chi connectivity index (χ0) is 20.8. The van der Waals surface area contributed by atoms with Gasteiger partial charge in [-0.25, -0.2) is 13.5 Å². The Hall–Kier alpha value is -3.69. The molecule has 29 heavy (non-hydrogen) atoms. The topological polar surface area (TPSA) is 102 Å². The van der Waals surface area contributed by atoms with Crippen LogP contribution in [0.3, 0.4) is 0 Å². The molecule has 0 aliphatic heterocycles. The van der Waals surface area contributed by atoms with Crippen LogP contribution in [0.15, 0.2) is 42.7 Å². The highest BCUT2D eigenvalue weighted by atomic mass is 19.1. The van der Waals surface area contributed by atoms with E-state index in [0.717, 1.165) is 23.4 Å². The molecule has 0 unspecified atom stereocenters. The first kappa shape index (κ1) is 20.1. The average Bonchev–Trinajstić information content (AvgIpc) is 3.21. The van der Waals surface area contributed by atoms with Gasteiger partial charge in [0.15, 0.2) is 0 Å². The largest absolute Gasteiger partial charge is 0.352 e. The first-order valence-corrected chi connectivity index (χ1v) is 8.81. The Bertz CT molecular complexity index is 1020. The lowest BCUT2D eigenvalue weighted by Crippen LogP contribution is -2.26. The fraction of sp³-hybridized carbons (Fsp3) is 0.211. The molecule has 0 saturated heterocycles. The summed E-state index contributed by atoms with van der Waals surface area (Å²) in [5.41, 5.74) is 2.02. The van der Waals surface area contributed by atoms with Gasteiger partial charge in [0.05, 0.1) is 11.3 Å². The van der Waals surface area contributed by atoms with E-state index in [4.69, 9.17) is 0 Å². The summed E-state index contributed by atoms with van der Waals surface area (Å²) in [7, 11) is 0. The average molecular weight is 400 g/mol. The molecule has 1 aromatic heterocycles. The smallest absolute Gasteiger partial charge is 0.254 e. The minimum Gasteiger partial charge on any atom is -0.352 e. The quantitative estimate of drug-likeness (QED) is 0.593. The van der Waals surface area contributed by atoms with E-state index in [1.807, 2.05) is 13.0 Å². The van der Waals surface area contributed by atoms with Gasteiger partial charge in [-0.05, 0) is 53.6 Å². The predicted molar refractivity (Wildman–Crippen MR) is 100 cm³/mol. The van der Waals surface area contributed by atoms with Gasteiger partial charge in [-0.2, -0.15) is 0 Å². The molecule has 2 N–H and O–H groups in total. The van der Waals surface area contributed by atoms with Crippen LogP contribution in [0.25, 0.3) is 5.69 Å². The number of anilines is 1. The molecule has 0 aliphatic rings. The SMILES string of the molecule is Cc1ccc(NC(=O)CCCNC(=O)c2ccc(F)cc2F)cc1-n1cnnn1. The van der Waals surface area contributed by atoms with E-state index in [0.29, 0.717) is 18.2 Å². The Morgan fingerprint density at radius 3 is 2.69 bits per heavy atom. The maximum absolute atomic E-state index is 13.6. The van der Waals surface area contributed by atoms with Gasteiger partial charge in [0.25, 0.3) is 5.91 Å². The highest BCUT2D eigenvalue weighted by Crippen LogP contribution is 2.18. The van der Waals surface area contributed by atoms with E-state index in [2.05, 4.69) is 26.2 Å². The van der Waals surface area contributed by atoms with Crippen molar-refractivity contribution in [3.8, 4) is 5.69 Å². The number of aryl methyl sites for hydroxylation is 1. The normalized spacial score (nSPS) is 10.6. The van der Waals surface area contributed by atoms with E-state index < -0.39 is 17.5 Å². The summed E-state index contributed by atoms with van der Waals surface area (Å²) in [5, 5.41) is 16.3. The molecule has 2 aromatic carbocycles. The van der Waals surface area contributed by atoms with Crippen LogP contribution in [0.5, 0.6) is 0 Å². The van der Waals surface area contributed by atoms with E-state index >= 15 is 0 Å². The number of rotatable bonds is 7. The molecule has 8 nitrogen and oxygen atoms in total. The van der Waals surface area contributed by atoms with Crippen LogP contribution < -0.4 is 10.6 Å². The fourth-order valence-corrected chi connectivity index (χ4v) is 2.65. The van der Waals surface area contributed by atoms with Crippen LogP contribution in [-0.2, 0) is 4.79 Å². The van der Waals surface area contributed by atoms with Crippen LogP contribution in [-0.4, -0.2) is 38.6 Å². The summed E-state index contributed by atoms with van der Waals surface area (Å²) >= 11 is 0. The number of hydrogen-bond donors (Lipinski definition) is 2. The third-order valence-electron chi connectivity index (χ3n) is 4.13. The number of carbonyl (C=O) groups excluding carboxylic acids is 2. The molecule has 0 fully saturated rings. The van der Waals surface area contributed by atoms with Gasteiger partial charge >= 0.3 is 0 Å². The van der Waals surface area contributed by atoms with E-state index in [-0.39, 0.29) is 24.4 Å². The van der Waals surface area contributed by atoms with Crippen molar-refractivity contribution in [2.75, 3.05) is 11.9 Å². The Labute approximate surface area is 164 Å². The summed E-state index contributed by atoms with van der Waals surface area (Å²) in [5.74, 6) is -2.58. The van der Waals surface area contributed by atoms with Gasteiger partial charge in [-0.1, -0.05) is 6.07 Å². The molecule has 0 bridgehead atoms. The molecule has 0 spiro atoms. The van der Waals surface area contributed by atoms with Crippen LogP contribution >= 0.6 is 0 Å². The summed E-state index contributed by atoms with van der Waals surface area (Å²) < 4.78 is 27.9. The minimum atomic E-state index is -0.932. The maximum atomic E-state index is 13.6. The maximum Gasteiger partial charge on any atom is 0.254 e. The number of tetrazole rings is 1. The second kappa shape index (κ2) is 9.00. The third-order valence-corrected chi connectivity index (χ3v) is 4.13. The Kier molecular flexibility index (Phi) is 6.22. The van der Waals surface area contributed by atoms with Crippen LogP contribution in [0.1, 0.15) is 28.8 Å². The molecule has 0 radical (unpaired) electrons. The lowest BCUT2D eigenvalue weighted by molar-refractivity contribution is -0.116. The molecule has 0 atom stereocenters. The summed E-state index contributed by atoms with van der Waals surface area (Å²) in [4.78, 5) is 24.0. The second-order valence-corrected chi connectivity index (χ2v) is 6.29. The van der Waals surface area contributed by atoms with Crippen molar-refractivity contribution in [1.82, 2.24) is 25.5 Å². The molecule has 10 heteroatoms. The van der Waals surface area contributed by atoms with E-state index in [9.17, 15) is 18.4 Å². The first-order valence-electron chi connectivity index (χ1n) is 8.81. The highest BCUT2D eigenvalue weighted by Gasteiger charge is 2.12. The zero-order valence-corrected chi connectivity index (χ0v) is 15.5. The van der Waals surface area contributed by atoms with Gasteiger partial charge in [0.1, 0.15) is 18.0 Å². The molecule has 1 heterocycles. The number of benzene rings is 2. The second-order valence-electron chi connectivity index (χ2n) is 6.29. The number of nitrogens with zero attached hydrogens (tertiary/aromatic N) is 4. The van der Waals surface area contributed by atoms with Crippen LogP contribution in [0.4, 0.5) is 14.5 Å². The molecular formula is C19H18F2N6O2. The van der Waals surface area contributed by atoms with Crippen LogP contribution in [0, 0.1) is 18.6 Å². The molecular weight excluding hydrogens is 382 g/mol. The van der Waals surface area contributed by atoms with E-state index in [1.54, 1.807) is 12.1 Å². The lowest BCUT2D eigenvalue weighted by atomic mass is 10.1. The number of halogens is 2. The number of nitrogens with one attached hydrogen (secondary N) is 2. The monoisotopic (exact) mass is 400 g/mol. The molecule has 3 rings (SSSR count). The molecule has 0 aliphatic carbocycles. The van der Waals surface area contributed by atoms with Gasteiger partial charge in [-0.3, -0.25) is 9.59 Å². The van der Waals surface area contributed by atoms with Crippen molar-refractivity contribution in [2.45, 2.75) is 19.8 Å². The Morgan fingerprint density at radius 1 is 1.14 bits per heavy atom. The summed E-state index contributed by atoms with van der Waals surface area (Å²) in [6.07, 6.45) is 1.97. The molecule has 2 amide bonds. The minimum absolute atomic E-state index is 0.153. The number of hydrogen-bond acceptors (Lipinski definition) is 5. The number of carbonyl (C=O) groups is 2. The van der Waals surface area contributed by atoms with Gasteiger partial charge in [-0.15, -0.1) is 5.10 Å². The predicted octanol–water partition coefficient (Wildman–Crippen LogP) is 2.40. The van der Waals surface area contributed by atoms with Gasteiger partial charge < -0.3 is 10.6 Å². The van der Waals surface area contributed by atoms with Crippen molar-refractivity contribution >= 4 is 17.5 Å². The Balaban J connectivity index is 1.48. The highest BCUT2D eigenvalue weighted by molar-refractivity contribution is 5.94. The van der Waals surface area contributed by atoms with Crippen molar-refractivity contribution in [1.29, 1.82) is 0 Å². The molecule has 3 aromatic rings. The molecule has 150 valence electrons. The fourth-order valence-electron chi connectivity index (χ4n) is 2.65.